The van der Waals surface area contributed by atoms with Crippen LogP contribution in [0.1, 0.15) is 15.9 Å². The number of alkyl halides is 1. The first-order valence-corrected chi connectivity index (χ1v) is 5.95. The van der Waals surface area contributed by atoms with Crippen LogP contribution in [0.25, 0.3) is 0 Å². The van der Waals surface area contributed by atoms with Gasteiger partial charge in [-0.2, -0.15) is 0 Å². The Morgan fingerprint density at radius 3 is 2.24 bits per heavy atom. The van der Waals surface area contributed by atoms with E-state index in [0.717, 1.165) is 5.56 Å². The normalized spacial score (nSPS) is 24.1. The molecule has 17 heavy (non-hydrogen) atoms. The Labute approximate surface area is 104 Å². The summed E-state index contributed by atoms with van der Waals surface area (Å²) in [4.78, 5) is 13.5. The van der Waals surface area contributed by atoms with Gasteiger partial charge in [-0.1, -0.05) is 12.1 Å². The molecule has 2 unspecified atom stereocenters. The van der Waals surface area contributed by atoms with E-state index in [0.29, 0.717) is 11.4 Å². The number of rotatable bonds is 2. The topological polar surface area (TPSA) is 60.8 Å². The standard InChI is InChI=1S/C12H14ClNO3/c13-5-8-1-3-9(4-2-8)12(17)14-6-10(15)11(16)7-14/h1-4,10-11,15-16H,5-7H2. The number of aliphatic hydroxyl groups excluding tert-OH is 2. The molecule has 1 aromatic rings. The number of hydrogen-bond donors (Lipinski definition) is 2. The van der Waals surface area contributed by atoms with Gasteiger partial charge in [-0.25, -0.2) is 0 Å². The highest BCUT2D eigenvalue weighted by atomic mass is 35.5. The summed E-state index contributed by atoms with van der Waals surface area (Å²) in [6.07, 6.45) is -1.69. The molecule has 1 aromatic carbocycles. The van der Waals surface area contributed by atoms with Gasteiger partial charge in [0, 0.05) is 24.5 Å². The van der Waals surface area contributed by atoms with Gasteiger partial charge < -0.3 is 15.1 Å². The van der Waals surface area contributed by atoms with E-state index in [4.69, 9.17) is 11.6 Å². The maximum absolute atomic E-state index is 12.0. The predicted molar refractivity (Wildman–Crippen MR) is 63.9 cm³/mol. The minimum absolute atomic E-state index is 0.178. The lowest BCUT2D eigenvalue weighted by Gasteiger charge is -2.15. The molecule has 2 atom stereocenters. The molecular weight excluding hydrogens is 242 g/mol. The summed E-state index contributed by atoms with van der Waals surface area (Å²) in [6, 6.07) is 7.00. The number of amides is 1. The fraction of sp³-hybridized carbons (Fsp3) is 0.417. The molecule has 4 nitrogen and oxygen atoms in total. The van der Waals surface area contributed by atoms with Crippen molar-refractivity contribution in [2.75, 3.05) is 13.1 Å². The second kappa shape index (κ2) is 5.04. The molecule has 5 heteroatoms. The first-order chi connectivity index (χ1) is 8.11. The van der Waals surface area contributed by atoms with E-state index in [-0.39, 0.29) is 19.0 Å². The highest BCUT2D eigenvalue weighted by molar-refractivity contribution is 6.17. The number of halogens is 1. The van der Waals surface area contributed by atoms with Gasteiger partial charge in [-0.05, 0) is 17.7 Å². The van der Waals surface area contributed by atoms with Crippen LogP contribution in [0.2, 0.25) is 0 Å². The monoisotopic (exact) mass is 255 g/mol. The van der Waals surface area contributed by atoms with Gasteiger partial charge in [0.25, 0.3) is 5.91 Å². The molecule has 1 saturated heterocycles. The molecule has 1 aliphatic rings. The van der Waals surface area contributed by atoms with Crippen molar-refractivity contribution < 1.29 is 15.0 Å². The third kappa shape index (κ3) is 2.60. The van der Waals surface area contributed by atoms with Gasteiger partial charge in [-0.3, -0.25) is 4.79 Å². The SMILES string of the molecule is O=C(c1ccc(CCl)cc1)N1CC(O)C(O)C1. The number of aliphatic hydroxyl groups is 2. The van der Waals surface area contributed by atoms with Crippen molar-refractivity contribution in [2.45, 2.75) is 18.1 Å². The molecule has 0 bridgehead atoms. The molecule has 1 fully saturated rings. The molecule has 0 saturated carbocycles. The Morgan fingerprint density at radius 1 is 1.24 bits per heavy atom. The molecule has 0 aromatic heterocycles. The second-order valence-corrected chi connectivity index (χ2v) is 4.44. The summed E-state index contributed by atoms with van der Waals surface area (Å²) in [5, 5.41) is 18.8. The van der Waals surface area contributed by atoms with Gasteiger partial charge in [0.2, 0.25) is 0 Å². The lowest BCUT2D eigenvalue weighted by atomic mass is 10.1. The fourth-order valence-electron chi connectivity index (χ4n) is 1.85. The molecule has 2 N–H and O–H groups in total. The molecule has 2 rings (SSSR count). The zero-order chi connectivity index (χ0) is 12.4. The van der Waals surface area contributed by atoms with E-state index >= 15 is 0 Å². The van der Waals surface area contributed by atoms with Crippen LogP contribution >= 0.6 is 11.6 Å². The van der Waals surface area contributed by atoms with Gasteiger partial charge >= 0.3 is 0 Å². The molecule has 92 valence electrons. The van der Waals surface area contributed by atoms with Crippen molar-refractivity contribution in [3.8, 4) is 0 Å². The maximum atomic E-state index is 12.0. The zero-order valence-corrected chi connectivity index (χ0v) is 9.97. The molecule has 0 radical (unpaired) electrons. The van der Waals surface area contributed by atoms with Crippen molar-refractivity contribution >= 4 is 17.5 Å². The molecule has 0 aliphatic carbocycles. The maximum Gasteiger partial charge on any atom is 0.254 e. The van der Waals surface area contributed by atoms with E-state index in [2.05, 4.69) is 0 Å². The van der Waals surface area contributed by atoms with Crippen molar-refractivity contribution in [3.63, 3.8) is 0 Å². The van der Waals surface area contributed by atoms with Crippen LogP contribution in [0.4, 0.5) is 0 Å². The second-order valence-electron chi connectivity index (χ2n) is 4.18. The van der Waals surface area contributed by atoms with E-state index in [9.17, 15) is 15.0 Å². The Morgan fingerprint density at radius 2 is 1.76 bits per heavy atom. The molecular formula is C12H14ClNO3. The number of nitrogens with zero attached hydrogens (tertiary/aromatic N) is 1. The van der Waals surface area contributed by atoms with Crippen molar-refractivity contribution in [1.82, 2.24) is 4.90 Å². The number of carbonyl (C=O) groups is 1. The quantitative estimate of drug-likeness (QED) is 0.761. The van der Waals surface area contributed by atoms with E-state index in [1.807, 2.05) is 0 Å². The van der Waals surface area contributed by atoms with Crippen molar-refractivity contribution in [3.05, 3.63) is 35.4 Å². The molecule has 0 spiro atoms. The fourth-order valence-corrected chi connectivity index (χ4v) is 2.03. The summed E-state index contributed by atoms with van der Waals surface area (Å²) in [5.74, 6) is 0.233. The van der Waals surface area contributed by atoms with Crippen LogP contribution in [0.5, 0.6) is 0 Å². The third-order valence-electron chi connectivity index (χ3n) is 2.90. The van der Waals surface area contributed by atoms with E-state index in [1.165, 1.54) is 4.90 Å². The highest BCUT2D eigenvalue weighted by Gasteiger charge is 2.32. The van der Waals surface area contributed by atoms with Crippen molar-refractivity contribution in [2.24, 2.45) is 0 Å². The summed E-state index contributed by atoms with van der Waals surface area (Å²) in [5.41, 5.74) is 1.49. The minimum atomic E-state index is -0.846. The largest absolute Gasteiger partial charge is 0.388 e. The van der Waals surface area contributed by atoms with Crippen LogP contribution in [0.15, 0.2) is 24.3 Å². The Hall–Kier alpha value is -1.10. The summed E-state index contributed by atoms with van der Waals surface area (Å²) >= 11 is 5.66. The van der Waals surface area contributed by atoms with Crippen LogP contribution < -0.4 is 0 Å². The Kier molecular flexibility index (Phi) is 3.66. The minimum Gasteiger partial charge on any atom is -0.388 e. The molecule has 1 heterocycles. The Balaban J connectivity index is 2.09. The average Bonchev–Trinajstić information content (AvgIpc) is 2.69. The first kappa shape index (κ1) is 12.4. The smallest absolute Gasteiger partial charge is 0.254 e. The predicted octanol–water partition coefficient (Wildman–Crippen LogP) is 0.603. The van der Waals surface area contributed by atoms with Gasteiger partial charge in [-0.15, -0.1) is 11.6 Å². The van der Waals surface area contributed by atoms with Crippen LogP contribution in [0.3, 0.4) is 0 Å². The lowest BCUT2D eigenvalue weighted by molar-refractivity contribution is 0.0572. The summed E-state index contributed by atoms with van der Waals surface area (Å²) < 4.78 is 0. The van der Waals surface area contributed by atoms with Crippen LogP contribution in [-0.4, -0.2) is 46.3 Å². The highest BCUT2D eigenvalue weighted by Crippen LogP contribution is 2.15. The van der Waals surface area contributed by atoms with E-state index in [1.54, 1.807) is 24.3 Å². The average molecular weight is 256 g/mol. The van der Waals surface area contributed by atoms with Crippen LogP contribution in [-0.2, 0) is 5.88 Å². The van der Waals surface area contributed by atoms with Gasteiger partial charge in [0.05, 0.1) is 12.2 Å². The third-order valence-corrected chi connectivity index (χ3v) is 3.21. The summed E-state index contributed by atoms with van der Waals surface area (Å²) in [7, 11) is 0. The van der Waals surface area contributed by atoms with E-state index < -0.39 is 12.2 Å². The molecule has 1 amide bonds. The Bertz CT molecular complexity index is 397. The number of likely N-dealkylation sites (tertiary alicyclic amines) is 1. The lowest BCUT2D eigenvalue weighted by Crippen LogP contribution is -2.29. The van der Waals surface area contributed by atoms with Crippen molar-refractivity contribution in [1.29, 1.82) is 0 Å². The van der Waals surface area contributed by atoms with Gasteiger partial charge in [0.15, 0.2) is 0 Å². The number of carbonyl (C=O) groups excluding carboxylic acids is 1. The van der Waals surface area contributed by atoms with Gasteiger partial charge in [0.1, 0.15) is 0 Å². The number of β-amino-alcohol motifs (C(OH)–C–C–N with tert-alkyl or cyclic N) is 2. The number of benzene rings is 1. The number of hydrogen-bond acceptors (Lipinski definition) is 3. The summed E-state index contributed by atoms with van der Waals surface area (Å²) in [6.45, 7) is 0.356. The molecule has 1 aliphatic heterocycles. The zero-order valence-electron chi connectivity index (χ0n) is 9.21. The van der Waals surface area contributed by atoms with Crippen LogP contribution in [0, 0.1) is 0 Å². The first-order valence-electron chi connectivity index (χ1n) is 5.42.